The summed E-state index contributed by atoms with van der Waals surface area (Å²) < 4.78 is 5.12. The van der Waals surface area contributed by atoms with Crippen molar-refractivity contribution in [2.75, 3.05) is 6.54 Å². The molecule has 2 aromatic carbocycles. The van der Waals surface area contributed by atoms with E-state index in [1.807, 2.05) is 36.4 Å². The zero-order valence-corrected chi connectivity index (χ0v) is 16.5. The summed E-state index contributed by atoms with van der Waals surface area (Å²) in [6.07, 6.45) is -3.43. The summed E-state index contributed by atoms with van der Waals surface area (Å²) >= 11 is 0. The molecule has 0 saturated carbocycles. The monoisotopic (exact) mass is 414 g/mol. The first-order chi connectivity index (χ1) is 14.5. The highest BCUT2D eigenvalue weighted by Gasteiger charge is 2.29. The number of aliphatic hydroxyl groups is 2. The van der Waals surface area contributed by atoms with Crippen molar-refractivity contribution in [3.8, 4) is 0 Å². The number of hydrogen-bond acceptors (Lipinski definition) is 6. The van der Waals surface area contributed by atoms with E-state index < -0.39 is 30.0 Å². The lowest BCUT2D eigenvalue weighted by atomic mass is 10.1. The lowest BCUT2D eigenvalue weighted by molar-refractivity contribution is -0.146. The van der Waals surface area contributed by atoms with Gasteiger partial charge in [-0.05, 0) is 17.5 Å². The largest absolute Gasteiger partial charge is 0.461 e. The second kappa shape index (κ2) is 12.4. The lowest BCUT2D eigenvalue weighted by Crippen LogP contribution is -2.49. The number of benzene rings is 2. The Morgan fingerprint density at radius 2 is 1.33 bits per heavy atom. The molecule has 0 bridgehead atoms. The van der Waals surface area contributed by atoms with Crippen LogP contribution in [0.5, 0.6) is 0 Å². The molecule has 0 aliphatic heterocycles. The fourth-order valence-electron chi connectivity index (χ4n) is 2.54. The van der Waals surface area contributed by atoms with Gasteiger partial charge in [-0.15, -0.1) is 0 Å². The van der Waals surface area contributed by atoms with Crippen LogP contribution in [-0.4, -0.2) is 46.7 Å². The number of hydrogen-bond donors (Lipinski definition) is 4. The van der Waals surface area contributed by atoms with Gasteiger partial charge in [-0.2, -0.15) is 0 Å². The van der Waals surface area contributed by atoms with Crippen molar-refractivity contribution < 1.29 is 29.3 Å². The van der Waals surface area contributed by atoms with Crippen LogP contribution in [-0.2, 0) is 32.3 Å². The third-order valence-corrected chi connectivity index (χ3v) is 4.25. The van der Waals surface area contributed by atoms with Gasteiger partial charge >= 0.3 is 5.97 Å². The summed E-state index contributed by atoms with van der Waals surface area (Å²) in [6.45, 7) is 0.430. The van der Waals surface area contributed by atoms with Gasteiger partial charge in [-0.3, -0.25) is 14.4 Å². The van der Waals surface area contributed by atoms with Crippen LogP contribution in [0.2, 0.25) is 0 Å². The standard InChI is InChI=1S/C22H26N2O6/c25-18(30-15-17-10-5-2-6-11-17)12-7-13-23-21(28)19(26)20(27)22(29)24-14-16-8-3-1-4-9-16/h1-6,8-11,19-20,26-27H,7,12-15H2,(H,23,28)(H,24,29). The number of amides is 2. The van der Waals surface area contributed by atoms with E-state index in [1.165, 1.54) is 0 Å². The highest BCUT2D eigenvalue weighted by Crippen LogP contribution is 2.03. The Morgan fingerprint density at radius 1 is 0.800 bits per heavy atom. The lowest BCUT2D eigenvalue weighted by Gasteiger charge is -2.17. The molecule has 2 amide bonds. The number of rotatable bonds is 11. The van der Waals surface area contributed by atoms with E-state index in [-0.39, 0.29) is 26.1 Å². The summed E-state index contributed by atoms with van der Waals surface area (Å²) in [6, 6.07) is 18.3. The van der Waals surface area contributed by atoms with Gasteiger partial charge in [0.15, 0.2) is 12.2 Å². The Bertz CT molecular complexity index is 813. The van der Waals surface area contributed by atoms with E-state index in [1.54, 1.807) is 24.3 Å². The van der Waals surface area contributed by atoms with E-state index in [2.05, 4.69) is 10.6 Å². The Labute approximate surface area is 174 Å². The van der Waals surface area contributed by atoms with Gasteiger partial charge in [0.25, 0.3) is 11.8 Å². The summed E-state index contributed by atoms with van der Waals surface area (Å²) in [4.78, 5) is 35.5. The summed E-state index contributed by atoms with van der Waals surface area (Å²) in [5, 5.41) is 24.6. The van der Waals surface area contributed by atoms with Crippen LogP contribution in [0.1, 0.15) is 24.0 Å². The average molecular weight is 414 g/mol. The van der Waals surface area contributed by atoms with Gasteiger partial charge in [-0.25, -0.2) is 0 Å². The third-order valence-electron chi connectivity index (χ3n) is 4.25. The molecule has 2 atom stereocenters. The number of esters is 1. The number of ether oxygens (including phenoxy) is 1. The van der Waals surface area contributed by atoms with Crippen LogP contribution in [0.4, 0.5) is 0 Å². The van der Waals surface area contributed by atoms with Gasteiger partial charge in [0.1, 0.15) is 6.61 Å². The molecule has 2 unspecified atom stereocenters. The number of carbonyl (C=O) groups excluding carboxylic acids is 3. The molecule has 0 fully saturated rings. The van der Waals surface area contributed by atoms with Crippen molar-refractivity contribution in [2.45, 2.75) is 38.2 Å². The van der Waals surface area contributed by atoms with Gasteiger partial charge in [0, 0.05) is 19.5 Å². The summed E-state index contributed by atoms with van der Waals surface area (Å²) in [5.74, 6) is -2.16. The fourth-order valence-corrected chi connectivity index (χ4v) is 2.54. The Hall–Kier alpha value is -3.23. The molecule has 160 valence electrons. The molecule has 0 heterocycles. The van der Waals surface area contributed by atoms with Crippen molar-refractivity contribution >= 4 is 17.8 Å². The number of nitrogens with one attached hydrogen (secondary N) is 2. The molecule has 0 spiro atoms. The molecule has 0 radical (unpaired) electrons. The second-order valence-corrected chi connectivity index (χ2v) is 6.63. The van der Waals surface area contributed by atoms with E-state index in [9.17, 15) is 24.6 Å². The molecule has 2 rings (SSSR count). The molecular formula is C22H26N2O6. The van der Waals surface area contributed by atoms with Gasteiger partial charge in [-0.1, -0.05) is 60.7 Å². The molecule has 0 aliphatic carbocycles. The molecular weight excluding hydrogens is 388 g/mol. The van der Waals surface area contributed by atoms with Crippen LogP contribution >= 0.6 is 0 Å². The molecule has 4 N–H and O–H groups in total. The highest BCUT2D eigenvalue weighted by atomic mass is 16.5. The van der Waals surface area contributed by atoms with Crippen molar-refractivity contribution in [2.24, 2.45) is 0 Å². The van der Waals surface area contributed by atoms with Crippen LogP contribution in [0.25, 0.3) is 0 Å². The molecule has 8 heteroatoms. The maximum atomic E-state index is 11.9. The summed E-state index contributed by atoms with van der Waals surface area (Å²) in [7, 11) is 0. The molecule has 0 saturated heterocycles. The first-order valence-corrected chi connectivity index (χ1v) is 9.62. The van der Waals surface area contributed by atoms with Crippen LogP contribution in [0, 0.1) is 0 Å². The highest BCUT2D eigenvalue weighted by molar-refractivity contribution is 5.90. The predicted molar refractivity (Wildman–Crippen MR) is 109 cm³/mol. The summed E-state index contributed by atoms with van der Waals surface area (Å²) in [5.41, 5.74) is 1.69. The van der Waals surface area contributed by atoms with E-state index in [4.69, 9.17) is 4.74 Å². The molecule has 8 nitrogen and oxygen atoms in total. The van der Waals surface area contributed by atoms with Crippen molar-refractivity contribution in [1.29, 1.82) is 0 Å². The molecule has 30 heavy (non-hydrogen) atoms. The van der Waals surface area contributed by atoms with Crippen molar-refractivity contribution in [1.82, 2.24) is 10.6 Å². The number of carbonyl (C=O) groups is 3. The van der Waals surface area contributed by atoms with Crippen LogP contribution in [0.15, 0.2) is 60.7 Å². The van der Waals surface area contributed by atoms with Gasteiger partial charge in [0.2, 0.25) is 0 Å². The molecule has 0 aromatic heterocycles. The molecule has 0 aliphatic rings. The van der Waals surface area contributed by atoms with E-state index in [0.29, 0.717) is 6.42 Å². The van der Waals surface area contributed by atoms with Gasteiger partial charge in [0.05, 0.1) is 0 Å². The number of aliphatic hydroxyl groups excluding tert-OH is 2. The first kappa shape index (κ1) is 23.1. The second-order valence-electron chi connectivity index (χ2n) is 6.63. The van der Waals surface area contributed by atoms with Crippen molar-refractivity contribution in [3.63, 3.8) is 0 Å². The Kier molecular flexibility index (Phi) is 9.50. The predicted octanol–water partition coefficient (Wildman–Crippen LogP) is 0.664. The quantitative estimate of drug-likeness (QED) is 0.316. The zero-order chi connectivity index (χ0) is 21.8. The van der Waals surface area contributed by atoms with E-state index >= 15 is 0 Å². The van der Waals surface area contributed by atoms with E-state index in [0.717, 1.165) is 11.1 Å². The average Bonchev–Trinajstić information content (AvgIpc) is 2.79. The zero-order valence-electron chi connectivity index (χ0n) is 16.5. The maximum Gasteiger partial charge on any atom is 0.306 e. The Balaban J connectivity index is 1.62. The Morgan fingerprint density at radius 3 is 1.93 bits per heavy atom. The normalized spacial score (nSPS) is 12.5. The van der Waals surface area contributed by atoms with Gasteiger partial charge < -0.3 is 25.6 Å². The van der Waals surface area contributed by atoms with Crippen molar-refractivity contribution in [3.05, 3.63) is 71.8 Å². The minimum absolute atomic E-state index is 0.0866. The van der Waals surface area contributed by atoms with Crippen LogP contribution < -0.4 is 10.6 Å². The SMILES string of the molecule is O=C(CCCNC(=O)C(O)C(O)C(=O)NCc1ccccc1)OCc1ccccc1. The van der Waals surface area contributed by atoms with Crippen LogP contribution in [0.3, 0.4) is 0 Å². The fraction of sp³-hybridized carbons (Fsp3) is 0.318. The maximum absolute atomic E-state index is 11.9. The molecule has 2 aromatic rings. The topological polar surface area (TPSA) is 125 Å². The third kappa shape index (κ3) is 8.02. The minimum atomic E-state index is -1.91. The first-order valence-electron chi connectivity index (χ1n) is 9.62. The smallest absolute Gasteiger partial charge is 0.306 e. The minimum Gasteiger partial charge on any atom is -0.461 e.